The van der Waals surface area contributed by atoms with Crippen LogP contribution < -0.4 is 10.2 Å². The van der Waals surface area contributed by atoms with Gasteiger partial charge in [-0.3, -0.25) is 9.69 Å². The predicted molar refractivity (Wildman–Crippen MR) is 90.7 cm³/mol. The molecule has 2 fully saturated rings. The Balaban J connectivity index is 1.50. The Morgan fingerprint density at radius 2 is 1.91 bits per heavy atom. The number of nitrogens with one attached hydrogen (secondary N) is 1. The van der Waals surface area contributed by atoms with Crippen molar-refractivity contribution in [3.8, 4) is 0 Å². The van der Waals surface area contributed by atoms with Crippen LogP contribution in [0.1, 0.15) is 19.8 Å². The van der Waals surface area contributed by atoms with Crippen LogP contribution in [0, 0.1) is 0 Å². The lowest BCUT2D eigenvalue weighted by atomic mass is 10.3. The maximum absolute atomic E-state index is 12.2. The molecular formula is C16H26N6O. The molecule has 1 aromatic heterocycles. The maximum Gasteiger partial charge on any atom is 0.236 e. The molecule has 2 aliphatic heterocycles. The number of rotatable bonds is 5. The summed E-state index contributed by atoms with van der Waals surface area (Å²) in [6.07, 6.45) is 4.10. The summed E-state index contributed by atoms with van der Waals surface area (Å²) in [5, 5.41) is 3.14. The van der Waals surface area contributed by atoms with Crippen molar-refractivity contribution in [1.82, 2.24) is 19.8 Å². The van der Waals surface area contributed by atoms with Crippen LogP contribution in [-0.2, 0) is 4.79 Å². The molecule has 3 heterocycles. The van der Waals surface area contributed by atoms with Gasteiger partial charge >= 0.3 is 0 Å². The van der Waals surface area contributed by atoms with Crippen LogP contribution in [-0.4, -0.2) is 78.0 Å². The van der Waals surface area contributed by atoms with Crippen LogP contribution in [0.4, 0.5) is 11.8 Å². The van der Waals surface area contributed by atoms with E-state index < -0.39 is 0 Å². The van der Waals surface area contributed by atoms with Crippen LogP contribution >= 0.6 is 0 Å². The highest BCUT2D eigenvalue weighted by Crippen LogP contribution is 2.15. The molecule has 1 N–H and O–H groups in total. The second-order valence-corrected chi connectivity index (χ2v) is 6.12. The van der Waals surface area contributed by atoms with Crippen molar-refractivity contribution in [2.75, 3.05) is 62.6 Å². The van der Waals surface area contributed by atoms with Crippen molar-refractivity contribution >= 4 is 17.7 Å². The molecule has 126 valence electrons. The molecule has 7 nitrogen and oxygen atoms in total. The molecular weight excluding hydrogens is 292 g/mol. The average Bonchev–Trinajstić information content (AvgIpc) is 3.11. The first-order valence-corrected chi connectivity index (χ1v) is 8.58. The first-order valence-electron chi connectivity index (χ1n) is 8.58. The monoisotopic (exact) mass is 318 g/mol. The standard InChI is InChI=1S/C16H26N6O/c1-2-17-16-18-6-5-14(19-16)21-11-9-20(10-12-21)13-15(23)22-7-3-4-8-22/h5-6H,2-4,7-13H2,1H3,(H,17,18,19). The molecule has 0 radical (unpaired) electrons. The average molecular weight is 318 g/mol. The molecule has 2 saturated heterocycles. The van der Waals surface area contributed by atoms with Crippen LogP contribution in [0.15, 0.2) is 12.3 Å². The van der Waals surface area contributed by atoms with E-state index in [4.69, 9.17) is 0 Å². The summed E-state index contributed by atoms with van der Waals surface area (Å²) in [5.74, 6) is 1.92. The zero-order valence-corrected chi connectivity index (χ0v) is 13.9. The molecule has 3 rings (SSSR count). The van der Waals surface area contributed by atoms with Gasteiger partial charge in [-0.05, 0) is 25.8 Å². The molecule has 1 aromatic rings. The SMILES string of the molecule is CCNc1nccc(N2CCN(CC(=O)N3CCCC3)CC2)n1. The van der Waals surface area contributed by atoms with Gasteiger partial charge in [-0.1, -0.05) is 0 Å². The van der Waals surface area contributed by atoms with Gasteiger partial charge in [0.2, 0.25) is 11.9 Å². The van der Waals surface area contributed by atoms with Gasteiger partial charge in [-0.15, -0.1) is 0 Å². The molecule has 0 saturated carbocycles. The van der Waals surface area contributed by atoms with Crippen molar-refractivity contribution in [2.45, 2.75) is 19.8 Å². The summed E-state index contributed by atoms with van der Waals surface area (Å²) < 4.78 is 0. The second kappa shape index (κ2) is 7.59. The second-order valence-electron chi connectivity index (χ2n) is 6.12. The Labute approximate surface area is 137 Å². The van der Waals surface area contributed by atoms with E-state index in [0.717, 1.165) is 64.5 Å². The van der Waals surface area contributed by atoms with Gasteiger partial charge in [0.1, 0.15) is 5.82 Å². The quantitative estimate of drug-likeness (QED) is 0.860. The number of amides is 1. The minimum atomic E-state index is 0.285. The summed E-state index contributed by atoms with van der Waals surface area (Å²) >= 11 is 0. The van der Waals surface area contributed by atoms with E-state index in [0.29, 0.717) is 12.5 Å². The molecule has 1 amide bonds. The number of carbonyl (C=O) groups excluding carboxylic acids is 1. The zero-order chi connectivity index (χ0) is 16.1. The lowest BCUT2D eigenvalue weighted by Crippen LogP contribution is -2.50. The van der Waals surface area contributed by atoms with Crippen LogP contribution in [0.3, 0.4) is 0 Å². The number of anilines is 2. The van der Waals surface area contributed by atoms with Crippen molar-refractivity contribution in [2.24, 2.45) is 0 Å². The molecule has 0 aromatic carbocycles. The largest absolute Gasteiger partial charge is 0.354 e. The first kappa shape index (κ1) is 16.0. The smallest absolute Gasteiger partial charge is 0.236 e. The Morgan fingerprint density at radius 1 is 1.17 bits per heavy atom. The minimum absolute atomic E-state index is 0.285. The van der Waals surface area contributed by atoms with E-state index >= 15 is 0 Å². The summed E-state index contributed by atoms with van der Waals surface area (Å²) in [7, 11) is 0. The number of likely N-dealkylation sites (tertiary alicyclic amines) is 1. The normalized spacial score (nSPS) is 19.2. The number of nitrogens with zero attached hydrogens (tertiary/aromatic N) is 5. The van der Waals surface area contributed by atoms with E-state index in [-0.39, 0.29) is 5.91 Å². The fourth-order valence-electron chi connectivity index (χ4n) is 3.16. The van der Waals surface area contributed by atoms with E-state index in [9.17, 15) is 4.79 Å². The number of hydrogen-bond acceptors (Lipinski definition) is 6. The predicted octanol–water partition coefficient (Wildman–Crippen LogP) is 0.653. The van der Waals surface area contributed by atoms with Gasteiger partial charge in [-0.25, -0.2) is 4.98 Å². The van der Waals surface area contributed by atoms with Gasteiger partial charge in [0.25, 0.3) is 0 Å². The Morgan fingerprint density at radius 3 is 2.61 bits per heavy atom. The molecule has 2 aliphatic rings. The fraction of sp³-hybridized carbons (Fsp3) is 0.688. The molecule has 0 bridgehead atoms. The summed E-state index contributed by atoms with van der Waals surface area (Å²) in [6, 6.07) is 1.95. The van der Waals surface area contributed by atoms with Gasteiger partial charge in [0.05, 0.1) is 6.54 Å². The highest BCUT2D eigenvalue weighted by atomic mass is 16.2. The first-order chi connectivity index (χ1) is 11.3. The highest BCUT2D eigenvalue weighted by Gasteiger charge is 2.23. The molecule has 0 spiro atoms. The van der Waals surface area contributed by atoms with Crippen molar-refractivity contribution < 1.29 is 4.79 Å². The molecule has 23 heavy (non-hydrogen) atoms. The molecule has 0 unspecified atom stereocenters. The van der Waals surface area contributed by atoms with E-state index in [2.05, 4.69) is 25.1 Å². The lowest BCUT2D eigenvalue weighted by Gasteiger charge is -2.35. The van der Waals surface area contributed by atoms with Crippen LogP contribution in [0.2, 0.25) is 0 Å². The Bertz CT molecular complexity index is 523. The summed E-state index contributed by atoms with van der Waals surface area (Å²) in [6.45, 7) is 8.88. The number of aromatic nitrogens is 2. The zero-order valence-electron chi connectivity index (χ0n) is 13.9. The van der Waals surface area contributed by atoms with Gasteiger partial charge in [0, 0.05) is 52.0 Å². The van der Waals surface area contributed by atoms with Crippen molar-refractivity contribution in [3.63, 3.8) is 0 Å². The third kappa shape index (κ3) is 4.10. The Hall–Kier alpha value is -1.89. The van der Waals surface area contributed by atoms with E-state index in [1.165, 1.54) is 0 Å². The summed E-state index contributed by atoms with van der Waals surface area (Å²) in [4.78, 5) is 27.5. The molecule has 7 heteroatoms. The lowest BCUT2D eigenvalue weighted by molar-refractivity contribution is -0.131. The number of piperazine rings is 1. The molecule has 0 atom stereocenters. The third-order valence-electron chi connectivity index (χ3n) is 4.49. The topological polar surface area (TPSA) is 64.6 Å². The third-order valence-corrected chi connectivity index (χ3v) is 4.49. The Kier molecular flexibility index (Phi) is 5.27. The van der Waals surface area contributed by atoms with Crippen LogP contribution in [0.25, 0.3) is 0 Å². The van der Waals surface area contributed by atoms with Crippen molar-refractivity contribution in [3.05, 3.63) is 12.3 Å². The fourth-order valence-corrected chi connectivity index (χ4v) is 3.16. The summed E-state index contributed by atoms with van der Waals surface area (Å²) in [5.41, 5.74) is 0. The molecule has 0 aliphatic carbocycles. The van der Waals surface area contributed by atoms with Crippen LogP contribution in [0.5, 0.6) is 0 Å². The van der Waals surface area contributed by atoms with Gasteiger partial charge < -0.3 is 15.1 Å². The highest BCUT2D eigenvalue weighted by molar-refractivity contribution is 5.78. The van der Waals surface area contributed by atoms with Gasteiger partial charge in [0.15, 0.2) is 0 Å². The van der Waals surface area contributed by atoms with Gasteiger partial charge in [-0.2, -0.15) is 4.98 Å². The van der Waals surface area contributed by atoms with Crippen molar-refractivity contribution in [1.29, 1.82) is 0 Å². The number of hydrogen-bond donors (Lipinski definition) is 1. The minimum Gasteiger partial charge on any atom is -0.354 e. The van der Waals surface area contributed by atoms with E-state index in [1.54, 1.807) is 6.20 Å². The number of carbonyl (C=O) groups is 1. The van der Waals surface area contributed by atoms with E-state index in [1.807, 2.05) is 17.9 Å². The maximum atomic E-state index is 12.2.